The smallest absolute Gasteiger partial charge is 0.264 e. The number of aryl methyl sites for hydroxylation is 1. The van der Waals surface area contributed by atoms with Gasteiger partial charge in [-0.05, 0) is 31.0 Å². The second-order valence-electron chi connectivity index (χ2n) is 3.88. The number of hydrogen-bond acceptors (Lipinski definition) is 2. The van der Waals surface area contributed by atoms with Crippen molar-refractivity contribution in [2.45, 2.75) is 13.8 Å². The molecule has 0 spiro atoms. The molecule has 0 saturated carbocycles. The monoisotopic (exact) mass is 252 g/mol. The predicted octanol–water partition coefficient (Wildman–Crippen LogP) is 2.65. The highest BCUT2D eigenvalue weighted by Gasteiger charge is 2.15. The molecule has 1 aromatic carbocycles. The van der Waals surface area contributed by atoms with E-state index in [1.54, 1.807) is 7.11 Å². The van der Waals surface area contributed by atoms with Crippen LogP contribution >= 0.6 is 11.6 Å². The van der Waals surface area contributed by atoms with Crippen LogP contribution in [0.4, 0.5) is 0 Å². The van der Waals surface area contributed by atoms with Crippen molar-refractivity contribution in [1.82, 2.24) is 10.2 Å². The fraction of sp³-hybridized carbons (Fsp3) is 0.250. The van der Waals surface area contributed by atoms with Crippen molar-refractivity contribution in [2.75, 3.05) is 7.11 Å². The lowest BCUT2D eigenvalue weighted by Gasteiger charge is -2.13. The van der Waals surface area contributed by atoms with Crippen molar-refractivity contribution in [3.63, 3.8) is 0 Å². The van der Waals surface area contributed by atoms with Gasteiger partial charge in [0.05, 0.1) is 12.8 Å². The van der Waals surface area contributed by atoms with Crippen molar-refractivity contribution in [2.24, 2.45) is 0 Å². The van der Waals surface area contributed by atoms with E-state index in [0.29, 0.717) is 16.5 Å². The average molecular weight is 253 g/mol. The third-order valence-corrected chi connectivity index (χ3v) is 3.31. The van der Waals surface area contributed by atoms with E-state index >= 15 is 0 Å². The average Bonchev–Trinajstić information content (AvgIpc) is 2.71. The molecule has 0 aliphatic heterocycles. The summed E-state index contributed by atoms with van der Waals surface area (Å²) in [5.41, 5.74) is 3.13. The van der Waals surface area contributed by atoms with Crippen molar-refractivity contribution in [3.05, 3.63) is 38.6 Å². The summed E-state index contributed by atoms with van der Waals surface area (Å²) >= 11 is 6.21. The Morgan fingerprint density at radius 3 is 2.47 bits per heavy atom. The first kappa shape index (κ1) is 11.8. The number of rotatable bonds is 2. The number of H-pyrrole nitrogens is 2. The Morgan fingerprint density at radius 1 is 1.24 bits per heavy atom. The highest BCUT2D eigenvalue weighted by Crippen LogP contribution is 2.37. The highest BCUT2D eigenvalue weighted by molar-refractivity contribution is 6.32. The number of halogens is 1. The van der Waals surface area contributed by atoms with Gasteiger partial charge in [-0.15, -0.1) is 0 Å². The zero-order valence-electron chi connectivity index (χ0n) is 9.85. The van der Waals surface area contributed by atoms with Crippen LogP contribution in [0.25, 0.3) is 11.3 Å². The summed E-state index contributed by atoms with van der Waals surface area (Å²) < 4.78 is 5.33. The minimum absolute atomic E-state index is 0.182. The van der Waals surface area contributed by atoms with Gasteiger partial charge in [-0.2, -0.15) is 0 Å². The lowest BCUT2D eigenvalue weighted by atomic mass is 10.0. The molecule has 1 aromatic heterocycles. The Morgan fingerprint density at radius 2 is 1.94 bits per heavy atom. The summed E-state index contributed by atoms with van der Waals surface area (Å²) in [6.07, 6.45) is 0. The van der Waals surface area contributed by atoms with Crippen LogP contribution < -0.4 is 10.3 Å². The molecule has 17 heavy (non-hydrogen) atoms. The molecular formula is C12H13ClN2O2. The van der Waals surface area contributed by atoms with Gasteiger partial charge in [0, 0.05) is 16.7 Å². The molecule has 2 N–H and O–H groups in total. The molecule has 0 atom stereocenters. The summed E-state index contributed by atoms with van der Waals surface area (Å²) in [4.78, 5) is 11.2. The van der Waals surface area contributed by atoms with Crippen LogP contribution in [0.15, 0.2) is 16.9 Å². The summed E-state index contributed by atoms with van der Waals surface area (Å²) in [5.74, 6) is 0.694. The third-order valence-electron chi connectivity index (χ3n) is 2.73. The number of aromatic nitrogens is 2. The summed E-state index contributed by atoms with van der Waals surface area (Å²) in [6, 6.07) is 3.34. The first-order chi connectivity index (χ1) is 8.04. The number of hydrogen-bond donors (Lipinski definition) is 2. The second-order valence-corrected chi connectivity index (χ2v) is 4.26. The Labute approximate surface area is 104 Å². The molecule has 4 nitrogen and oxygen atoms in total. The van der Waals surface area contributed by atoms with E-state index < -0.39 is 0 Å². The zero-order chi connectivity index (χ0) is 12.6. The van der Waals surface area contributed by atoms with E-state index in [-0.39, 0.29) is 5.56 Å². The Hall–Kier alpha value is -1.68. The molecule has 2 rings (SSSR count). The van der Waals surface area contributed by atoms with Crippen LogP contribution in [-0.2, 0) is 0 Å². The number of benzene rings is 1. The fourth-order valence-corrected chi connectivity index (χ4v) is 2.03. The van der Waals surface area contributed by atoms with Crippen molar-refractivity contribution in [3.8, 4) is 17.0 Å². The number of nitrogens with one attached hydrogen (secondary N) is 2. The predicted molar refractivity (Wildman–Crippen MR) is 67.9 cm³/mol. The minimum Gasteiger partial charge on any atom is -0.496 e. The maximum atomic E-state index is 11.2. The van der Waals surface area contributed by atoms with E-state index in [1.807, 2.05) is 19.9 Å². The first-order valence-electron chi connectivity index (χ1n) is 5.16. The van der Waals surface area contributed by atoms with Crippen molar-refractivity contribution >= 4 is 11.6 Å². The summed E-state index contributed by atoms with van der Waals surface area (Å²) in [7, 11) is 1.59. The Kier molecular flexibility index (Phi) is 2.98. The maximum Gasteiger partial charge on any atom is 0.264 e. The first-order valence-corrected chi connectivity index (χ1v) is 5.54. The summed E-state index contributed by atoms with van der Waals surface area (Å²) in [5, 5.41) is 5.99. The Balaban J connectivity index is 2.75. The molecule has 1 heterocycles. The Bertz CT molecular complexity index is 613. The van der Waals surface area contributed by atoms with Gasteiger partial charge in [-0.1, -0.05) is 11.6 Å². The molecule has 0 radical (unpaired) electrons. The van der Waals surface area contributed by atoms with Gasteiger partial charge in [-0.25, -0.2) is 0 Å². The van der Waals surface area contributed by atoms with Gasteiger partial charge in [0.1, 0.15) is 5.75 Å². The molecule has 0 unspecified atom stereocenters. The molecule has 0 bridgehead atoms. The van der Waals surface area contributed by atoms with Crippen molar-refractivity contribution in [1.29, 1.82) is 0 Å². The normalized spacial score (nSPS) is 10.6. The summed E-state index contributed by atoms with van der Waals surface area (Å²) in [6.45, 7) is 3.82. The third kappa shape index (κ3) is 1.96. The minimum atomic E-state index is -0.182. The van der Waals surface area contributed by atoms with E-state index in [2.05, 4.69) is 10.2 Å². The lowest BCUT2D eigenvalue weighted by molar-refractivity contribution is 0.415. The number of aromatic amines is 2. The van der Waals surface area contributed by atoms with E-state index in [0.717, 1.165) is 16.7 Å². The fourth-order valence-electron chi connectivity index (χ4n) is 1.89. The SMILES string of the molecule is COc1cc(C)c(Cl)c(C)c1-c1cc(=O)[nH][nH]1. The van der Waals surface area contributed by atoms with Crippen LogP contribution in [0.1, 0.15) is 11.1 Å². The van der Waals surface area contributed by atoms with Crippen LogP contribution in [0.3, 0.4) is 0 Å². The molecule has 2 aromatic rings. The quantitative estimate of drug-likeness (QED) is 0.863. The molecule has 0 aliphatic carbocycles. The molecule has 0 amide bonds. The second kappa shape index (κ2) is 4.30. The van der Waals surface area contributed by atoms with Gasteiger partial charge < -0.3 is 4.74 Å². The largest absolute Gasteiger partial charge is 0.496 e. The number of ether oxygens (including phenoxy) is 1. The number of methoxy groups -OCH3 is 1. The standard InChI is InChI=1S/C12H13ClN2O2/c1-6-4-9(17-3)11(7(2)12(6)13)8-5-10(16)15-14-8/h4-5H,1-3H3,(H2,14,15,16). The van der Waals surface area contributed by atoms with Gasteiger partial charge in [0.2, 0.25) is 0 Å². The molecular weight excluding hydrogens is 240 g/mol. The van der Waals surface area contributed by atoms with Gasteiger partial charge in [0.15, 0.2) is 0 Å². The van der Waals surface area contributed by atoms with Gasteiger partial charge >= 0.3 is 0 Å². The molecule has 90 valence electrons. The molecule has 0 aliphatic rings. The van der Waals surface area contributed by atoms with Crippen molar-refractivity contribution < 1.29 is 4.74 Å². The topological polar surface area (TPSA) is 57.9 Å². The molecule has 0 saturated heterocycles. The molecule has 0 fully saturated rings. The van der Waals surface area contributed by atoms with Crippen LogP contribution in [0.5, 0.6) is 5.75 Å². The van der Waals surface area contributed by atoms with Gasteiger partial charge in [0.25, 0.3) is 5.56 Å². The zero-order valence-corrected chi connectivity index (χ0v) is 10.6. The molecule has 5 heteroatoms. The van der Waals surface area contributed by atoms with E-state index in [1.165, 1.54) is 6.07 Å². The highest BCUT2D eigenvalue weighted by atomic mass is 35.5. The lowest BCUT2D eigenvalue weighted by Crippen LogP contribution is -1.95. The van der Waals surface area contributed by atoms with E-state index in [4.69, 9.17) is 16.3 Å². The van der Waals surface area contributed by atoms with Crippen LogP contribution in [0, 0.1) is 13.8 Å². The van der Waals surface area contributed by atoms with Crippen LogP contribution in [-0.4, -0.2) is 17.3 Å². The maximum absolute atomic E-state index is 11.2. The van der Waals surface area contributed by atoms with Crippen LogP contribution in [0.2, 0.25) is 5.02 Å². The van der Waals surface area contributed by atoms with Gasteiger partial charge in [-0.3, -0.25) is 15.0 Å². The van der Waals surface area contributed by atoms with E-state index in [9.17, 15) is 4.79 Å².